The Kier molecular flexibility index (Phi) is 3.72. The van der Waals surface area contributed by atoms with Crippen LogP contribution in [0.25, 0.3) is 0 Å². The molecule has 0 aliphatic carbocycles. The van der Waals surface area contributed by atoms with Crippen molar-refractivity contribution < 1.29 is 30.3 Å². The van der Waals surface area contributed by atoms with Crippen molar-refractivity contribution in [3.05, 3.63) is 35.1 Å². The van der Waals surface area contributed by atoms with Crippen molar-refractivity contribution in [1.29, 1.82) is 0 Å². The van der Waals surface area contributed by atoms with E-state index in [-0.39, 0.29) is 0 Å². The van der Waals surface area contributed by atoms with Gasteiger partial charge in [0.15, 0.2) is 0 Å². The number of carbonyl (C=O) groups excluding carboxylic acids is 1. The summed E-state index contributed by atoms with van der Waals surface area (Å²) in [5, 5.41) is -1.54. The van der Waals surface area contributed by atoms with Crippen molar-refractivity contribution in [2.75, 3.05) is 6.54 Å². The van der Waals surface area contributed by atoms with E-state index in [0.29, 0.717) is 12.1 Å². The third-order valence-electron chi connectivity index (χ3n) is 3.03. The average Bonchev–Trinajstić information content (AvgIpc) is 2.65. The van der Waals surface area contributed by atoms with Crippen molar-refractivity contribution in [3.63, 3.8) is 0 Å². The van der Waals surface area contributed by atoms with E-state index in [1.54, 1.807) is 0 Å². The largest absolute Gasteiger partial charge is 0.337 e. The number of benzene rings is 1. The van der Waals surface area contributed by atoms with Gasteiger partial charge in [0.2, 0.25) is 5.91 Å². The predicted molar refractivity (Wildman–Crippen MR) is 60.2 cm³/mol. The van der Waals surface area contributed by atoms with Crippen molar-refractivity contribution in [3.8, 4) is 0 Å². The summed E-state index contributed by atoms with van der Waals surface area (Å²) in [6, 6.07) is 0.894. The molecule has 1 aliphatic heterocycles. The molecule has 0 bridgehead atoms. The smallest absolute Gasteiger partial charge is 0.307 e. The number of hydrogen-bond donors (Lipinski definition) is 0. The second-order valence-corrected chi connectivity index (χ2v) is 6.04. The van der Waals surface area contributed by atoms with Gasteiger partial charge in [-0.05, 0) is 0 Å². The molecule has 4 nitrogen and oxygen atoms in total. The van der Waals surface area contributed by atoms with E-state index in [1.807, 2.05) is 0 Å². The predicted octanol–water partition coefficient (Wildman–Crippen LogP) is 1.50. The van der Waals surface area contributed by atoms with Crippen LogP contribution in [0.15, 0.2) is 12.1 Å². The summed E-state index contributed by atoms with van der Waals surface area (Å²) in [6.45, 7) is -1.07. The topological polar surface area (TPSA) is 54.5 Å². The molecule has 1 aliphatic rings. The Morgan fingerprint density at radius 3 is 2.20 bits per heavy atom. The van der Waals surface area contributed by atoms with Gasteiger partial charge in [-0.15, -0.1) is 3.89 Å². The fraction of sp³-hybridized carbons (Fsp3) is 0.364. The van der Waals surface area contributed by atoms with Crippen LogP contribution in [0.2, 0.25) is 0 Å². The third-order valence-corrected chi connectivity index (χ3v) is 4.14. The standard InChI is InChI=1S/C11H9F4NO3S/c12-6-1-9(13)8(10(14)2-6)5-16-4-7(3-11(16)17)20(15,18)19/h1-2,7H,3-5H2. The highest BCUT2D eigenvalue weighted by Crippen LogP contribution is 2.24. The van der Waals surface area contributed by atoms with Crippen LogP contribution in [-0.4, -0.2) is 31.0 Å². The summed E-state index contributed by atoms with van der Waals surface area (Å²) < 4.78 is 73.8. The number of nitrogens with zero attached hydrogens (tertiary/aromatic N) is 1. The Morgan fingerprint density at radius 2 is 1.75 bits per heavy atom. The van der Waals surface area contributed by atoms with Crippen LogP contribution in [-0.2, 0) is 21.6 Å². The molecule has 1 amide bonds. The van der Waals surface area contributed by atoms with Gasteiger partial charge in [-0.3, -0.25) is 4.79 Å². The van der Waals surface area contributed by atoms with Gasteiger partial charge in [-0.25, -0.2) is 13.2 Å². The maximum Gasteiger partial charge on any atom is 0.307 e. The first-order valence-electron chi connectivity index (χ1n) is 5.53. The molecule has 1 fully saturated rings. The molecular formula is C11H9F4NO3S. The summed E-state index contributed by atoms with van der Waals surface area (Å²) >= 11 is 0. The highest BCUT2D eigenvalue weighted by molar-refractivity contribution is 7.87. The first-order valence-corrected chi connectivity index (χ1v) is 6.98. The molecule has 110 valence electrons. The number of amides is 1. The normalized spacial score (nSPS) is 19.7. The fourth-order valence-corrected chi connectivity index (χ4v) is 2.69. The van der Waals surface area contributed by atoms with E-state index in [2.05, 4.69) is 0 Å². The number of likely N-dealkylation sites (tertiary alicyclic amines) is 1. The first kappa shape index (κ1) is 14.8. The van der Waals surface area contributed by atoms with E-state index in [1.165, 1.54) is 0 Å². The zero-order chi connectivity index (χ0) is 15.1. The maximum absolute atomic E-state index is 13.4. The lowest BCUT2D eigenvalue weighted by atomic mass is 10.2. The van der Waals surface area contributed by atoms with Gasteiger partial charge in [0.05, 0.1) is 6.54 Å². The summed E-state index contributed by atoms with van der Waals surface area (Å²) in [5.74, 6) is -4.23. The van der Waals surface area contributed by atoms with Crippen LogP contribution in [0.5, 0.6) is 0 Å². The van der Waals surface area contributed by atoms with Crippen LogP contribution in [0.1, 0.15) is 12.0 Å². The molecule has 1 heterocycles. The molecule has 1 aromatic rings. The zero-order valence-electron chi connectivity index (χ0n) is 9.95. The minimum Gasteiger partial charge on any atom is -0.337 e. The van der Waals surface area contributed by atoms with E-state index >= 15 is 0 Å². The molecule has 1 unspecified atom stereocenters. The Bertz CT molecular complexity index is 639. The van der Waals surface area contributed by atoms with Gasteiger partial charge in [0.25, 0.3) is 0 Å². The summed E-state index contributed by atoms with van der Waals surface area (Å²) in [6.07, 6.45) is -0.580. The van der Waals surface area contributed by atoms with Crippen LogP contribution in [0.4, 0.5) is 17.1 Å². The molecule has 0 radical (unpaired) electrons. The molecule has 1 atom stereocenters. The van der Waals surface area contributed by atoms with E-state index in [4.69, 9.17) is 0 Å². The Labute approximate surface area is 112 Å². The van der Waals surface area contributed by atoms with E-state index < -0.39 is 63.9 Å². The molecule has 0 aromatic heterocycles. The molecular weight excluding hydrogens is 302 g/mol. The van der Waals surface area contributed by atoms with Crippen LogP contribution in [0, 0.1) is 17.5 Å². The molecule has 9 heteroatoms. The monoisotopic (exact) mass is 311 g/mol. The molecule has 2 rings (SSSR count). The zero-order valence-corrected chi connectivity index (χ0v) is 10.8. The Morgan fingerprint density at radius 1 is 1.20 bits per heavy atom. The van der Waals surface area contributed by atoms with E-state index in [0.717, 1.165) is 4.90 Å². The molecule has 1 saturated heterocycles. The lowest BCUT2D eigenvalue weighted by Gasteiger charge is -2.17. The Balaban J connectivity index is 2.22. The SMILES string of the molecule is O=C1CC(S(=O)(=O)F)CN1Cc1c(F)cc(F)cc1F. The molecule has 0 saturated carbocycles. The number of halogens is 4. The van der Waals surface area contributed by atoms with Gasteiger partial charge in [-0.1, -0.05) is 0 Å². The van der Waals surface area contributed by atoms with Gasteiger partial charge < -0.3 is 4.90 Å². The highest BCUT2D eigenvalue weighted by atomic mass is 32.3. The second-order valence-electron chi connectivity index (χ2n) is 4.42. The second kappa shape index (κ2) is 5.04. The Hall–Kier alpha value is -1.64. The molecule has 0 spiro atoms. The van der Waals surface area contributed by atoms with Crippen LogP contribution >= 0.6 is 0 Å². The molecule has 0 N–H and O–H groups in total. The van der Waals surface area contributed by atoms with Crippen molar-refractivity contribution in [1.82, 2.24) is 4.90 Å². The minimum absolute atomic E-state index is 0.447. The summed E-state index contributed by atoms with van der Waals surface area (Å²) in [4.78, 5) is 12.3. The third kappa shape index (κ3) is 2.92. The van der Waals surface area contributed by atoms with Crippen molar-refractivity contribution in [2.45, 2.75) is 18.2 Å². The van der Waals surface area contributed by atoms with Crippen molar-refractivity contribution >= 4 is 16.1 Å². The van der Waals surface area contributed by atoms with Gasteiger partial charge >= 0.3 is 10.2 Å². The first-order chi connectivity index (χ1) is 9.18. The average molecular weight is 311 g/mol. The van der Waals surface area contributed by atoms with Gasteiger partial charge in [-0.2, -0.15) is 8.42 Å². The van der Waals surface area contributed by atoms with Crippen molar-refractivity contribution in [2.24, 2.45) is 0 Å². The number of carbonyl (C=O) groups is 1. The quantitative estimate of drug-likeness (QED) is 0.628. The van der Waals surface area contributed by atoms with E-state index in [9.17, 15) is 30.3 Å². The van der Waals surface area contributed by atoms with Gasteiger partial charge in [0, 0.05) is 30.7 Å². The fourth-order valence-electron chi connectivity index (χ4n) is 1.99. The molecule has 20 heavy (non-hydrogen) atoms. The molecule has 1 aromatic carbocycles. The van der Waals surface area contributed by atoms with Gasteiger partial charge in [0.1, 0.15) is 22.7 Å². The number of hydrogen-bond acceptors (Lipinski definition) is 3. The lowest BCUT2D eigenvalue weighted by molar-refractivity contribution is -0.128. The summed E-state index contributed by atoms with van der Waals surface area (Å²) in [5.41, 5.74) is -0.573. The number of rotatable bonds is 3. The maximum atomic E-state index is 13.4. The minimum atomic E-state index is -4.90. The highest BCUT2D eigenvalue weighted by Gasteiger charge is 2.38. The van der Waals surface area contributed by atoms with Crippen LogP contribution in [0.3, 0.4) is 0 Å². The van der Waals surface area contributed by atoms with Crippen LogP contribution < -0.4 is 0 Å². The summed E-state index contributed by atoms with van der Waals surface area (Å²) in [7, 11) is -4.90. The lowest BCUT2D eigenvalue weighted by Crippen LogP contribution is -2.27.